The highest BCUT2D eigenvalue weighted by Crippen LogP contribution is 2.58. The van der Waals surface area contributed by atoms with Crippen LogP contribution in [-0.2, 0) is 18.4 Å². The van der Waals surface area contributed by atoms with E-state index in [1.807, 2.05) is 4.90 Å². The van der Waals surface area contributed by atoms with Gasteiger partial charge in [0, 0.05) is 13.0 Å². The normalized spacial score (nSPS) is 20.0. The van der Waals surface area contributed by atoms with Gasteiger partial charge < -0.3 is 4.90 Å². The van der Waals surface area contributed by atoms with Crippen molar-refractivity contribution in [2.75, 3.05) is 27.3 Å². The topological polar surface area (TPSA) is 68.2 Å². The molecule has 1 fully saturated rings. The first-order valence-electron chi connectivity index (χ1n) is 7.80. The molecule has 1 saturated heterocycles. The van der Waals surface area contributed by atoms with Crippen molar-refractivity contribution in [3.8, 4) is 0 Å². The summed E-state index contributed by atoms with van der Waals surface area (Å²) in [6, 6.07) is 0. The molecule has 1 rings (SSSR count). The summed E-state index contributed by atoms with van der Waals surface area (Å²) in [6.07, 6.45) is 2.00. The number of hydrogen-bond donors (Lipinski definition) is 1. The molecule has 0 aliphatic carbocycles. The smallest absolute Gasteiger partial charge is 0.340 e. The molecule has 1 heterocycles. The fourth-order valence-corrected chi connectivity index (χ4v) is 3.96. The Labute approximate surface area is 134 Å². The van der Waals surface area contributed by atoms with Crippen molar-refractivity contribution in [1.29, 1.82) is 0 Å². The molecule has 1 N–H and O–H groups in total. The monoisotopic (exact) mass is 336 g/mol. The molecule has 1 aliphatic rings. The van der Waals surface area contributed by atoms with Crippen molar-refractivity contribution in [3.05, 3.63) is 0 Å². The molecule has 6 nitrogen and oxygen atoms in total. The van der Waals surface area contributed by atoms with Gasteiger partial charge in [-0.2, -0.15) is 13.9 Å². The molecule has 1 unspecified atom stereocenters. The van der Waals surface area contributed by atoms with Crippen molar-refractivity contribution in [3.63, 3.8) is 0 Å². The molecule has 1 amide bonds. The van der Waals surface area contributed by atoms with Crippen molar-refractivity contribution < 1.29 is 23.3 Å². The third-order valence-corrected chi connectivity index (χ3v) is 5.32. The van der Waals surface area contributed by atoms with E-state index < -0.39 is 8.17 Å². The fraction of sp³-hybridized carbons (Fsp3) is 0.933. The lowest BCUT2D eigenvalue weighted by Gasteiger charge is -2.28. The first-order chi connectivity index (χ1) is 10.1. The van der Waals surface area contributed by atoms with Gasteiger partial charge in [-0.05, 0) is 24.2 Å². The first kappa shape index (κ1) is 19.8. The van der Waals surface area contributed by atoms with Crippen molar-refractivity contribution >= 4 is 14.1 Å². The van der Waals surface area contributed by atoms with Crippen LogP contribution in [0.5, 0.6) is 0 Å². The van der Waals surface area contributed by atoms with Crippen LogP contribution in [0, 0.1) is 11.3 Å². The lowest BCUT2D eigenvalue weighted by Crippen LogP contribution is -2.34. The standard InChI is InChI=1S/C15H31NO5P/c1-12(2)9-15(3,4)10-14(17)16-8-7-13(11-16)21-22(18,19-5)20-6/h12-13,18H,7-11H2,1-6H3/q+1. The zero-order valence-electron chi connectivity index (χ0n) is 14.7. The van der Waals surface area contributed by atoms with Crippen LogP contribution in [0.2, 0.25) is 0 Å². The summed E-state index contributed by atoms with van der Waals surface area (Å²) in [5, 5.41) is 0. The van der Waals surface area contributed by atoms with E-state index in [9.17, 15) is 9.69 Å². The van der Waals surface area contributed by atoms with Crippen molar-refractivity contribution in [2.24, 2.45) is 11.3 Å². The summed E-state index contributed by atoms with van der Waals surface area (Å²) in [5.41, 5.74) is -0.00299. The minimum absolute atomic E-state index is 0.00299. The molecule has 22 heavy (non-hydrogen) atoms. The van der Waals surface area contributed by atoms with Gasteiger partial charge in [-0.1, -0.05) is 27.7 Å². The summed E-state index contributed by atoms with van der Waals surface area (Å²) in [6.45, 7) is 9.74. The highest BCUT2D eigenvalue weighted by molar-refractivity contribution is 7.55. The Morgan fingerprint density at radius 3 is 2.45 bits per heavy atom. The SMILES string of the molecule is CO[P+](O)(OC)OC1CCN(C(=O)CC(C)(C)CC(C)C)C1. The van der Waals surface area contributed by atoms with Crippen molar-refractivity contribution in [1.82, 2.24) is 4.90 Å². The van der Waals surface area contributed by atoms with Gasteiger partial charge in [-0.15, -0.1) is 4.52 Å². The van der Waals surface area contributed by atoms with Gasteiger partial charge in [0.2, 0.25) is 5.91 Å². The van der Waals surface area contributed by atoms with E-state index >= 15 is 0 Å². The Morgan fingerprint density at radius 1 is 1.36 bits per heavy atom. The second kappa shape index (κ2) is 8.02. The zero-order chi connectivity index (χ0) is 17.0. The number of rotatable bonds is 8. The summed E-state index contributed by atoms with van der Waals surface area (Å²) in [4.78, 5) is 24.2. The van der Waals surface area contributed by atoms with Crippen LogP contribution in [-0.4, -0.2) is 49.1 Å². The van der Waals surface area contributed by atoms with Gasteiger partial charge in [0.15, 0.2) is 0 Å². The van der Waals surface area contributed by atoms with E-state index in [4.69, 9.17) is 13.6 Å². The maximum Gasteiger partial charge on any atom is 0.572 e. The van der Waals surface area contributed by atoms with E-state index in [1.165, 1.54) is 14.2 Å². The predicted octanol–water partition coefficient (Wildman–Crippen LogP) is 3.03. The second-order valence-corrected chi connectivity index (χ2v) is 9.01. The Bertz CT molecular complexity index is 371. The third-order valence-electron chi connectivity index (χ3n) is 3.83. The molecule has 0 aromatic carbocycles. The third kappa shape index (κ3) is 6.09. The average molecular weight is 336 g/mol. The molecule has 1 aliphatic heterocycles. The van der Waals surface area contributed by atoms with Crippen LogP contribution < -0.4 is 0 Å². The molecule has 0 aromatic heterocycles. The van der Waals surface area contributed by atoms with E-state index in [0.717, 1.165) is 6.42 Å². The number of carbonyl (C=O) groups excluding carboxylic acids is 1. The van der Waals surface area contributed by atoms with E-state index in [0.29, 0.717) is 31.8 Å². The van der Waals surface area contributed by atoms with Crippen LogP contribution >= 0.6 is 8.17 Å². The number of amides is 1. The molecule has 0 radical (unpaired) electrons. The first-order valence-corrected chi connectivity index (χ1v) is 9.30. The van der Waals surface area contributed by atoms with Gasteiger partial charge in [-0.25, -0.2) is 0 Å². The summed E-state index contributed by atoms with van der Waals surface area (Å²) >= 11 is 0. The number of likely N-dealkylation sites (tertiary alicyclic amines) is 1. The summed E-state index contributed by atoms with van der Waals surface area (Å²) in [7, 11) is -0.533. The van der Waals surface area contributed by atoms with Crippen LogP contribution in [0.1, 0.15) is 47.0 Å². The molecule has 0 spiro atoms. The summed E-state index contributed by atoms with van der Waals surface area (Å²) < 4.78 is 15.3. The molecule has 0 aromatic rings. The quantitative estimate of drug-likeness (QED) is 0.690. The maximum atomic E-state index is 12.4. The Balaban J connectivity index is 2.50. The van der Waals surface area contributed by atoms with Gasteiger partial charge in [0.1, 0.15) is 6.10 Å². The molecule has 130 valence electrons. The van der Waals surface area contributed by atoms with E-state index in [-0.39, 0.29) is 17.4 Å². The van der Waals surface area contributed by atoms with Crippen LogP contribution in [0.4, 0.5) is 0 Å². The van der Waals surface area contributed by atoms with Gasteiger partial charge >= 0.3 is 8.17 Å². The van der Waals surface area contributed by atoms with Gasteiger partial charge in [-0.3, -0.25) is 4.79 Å². The molecule has 0 saturated carbocycles. The lowest BCUT2D eigenvalue weighted by molar-refractivity contribution is -0.132. The number of hydrogen-bond acceptors (Lipinski definition) is 5. The Hall–Kier alpha value is -0.260. The maximum absolute atomic E-state index is 12.4. The lowest BCUT2D eigenvalue weighted by atomic mass is 9.81. The van der Waals surface area contributed by atoms with Crippen LogP contribution in [0.3, 0.4) is 0 Å². The predicted molar refractivity (Wildman–Crippen MR) is 87.1 cm³/mol. The molecule has 0 bridgehead atoms. The minimum atomic E-state index is -3.23. The summed E-state index contributed by atoms with van der Waals surface area (Å²) in [5.74, 6) is 0.717. The van der Waals surface area contributed by atoms with Gasteiger partial charge in [0.05, 0.1) is 20.8 Å². The average Bonchev–Trinajstić information content (AvgIpc) is 2.84. The van der Waals surface area contributed by atoms with Crippen LogP contribution in [0.25, 0.3) is 0 Å². The van der Waals surface area contributed by atoms with Crippen molar-refractivity contribution in [2.45, 2.75) is 53.1 Å². The van der Waals surface area contributed by atoms with Gasteiger partial charge in [0.25, 0.3) is 0 Å². The number of carbonyl (C=O) groups is 1. The Kier molecular flexibility index (Phi) is 7.21. The second-order valence-electron chi connectivity index (χ2n) is 7.13. The molecule has 1 atom stereocenters. The Morgan fingerprint density at radius 2 is 1.95 bits per heavy atom. The van der Waals surface area contributed by atoms with E-state index in [2.05, 4.69) is 27.7 Å². The largest absolute Gasteiger partial charge is 0.572 e. The molecular formula is C15H31NO5P+. The minimum Gasteiger partial charge on any atom is -0.340 e. The highest BCUT2D eigenvalue weighted by Gasteiger charge is 2.47. The molecule has 7 heteroatoms. The fourth-order valence-electron chi connectivity index (χ4n) is 3.09. The zero-order valence-corrected chi connectivity index (χ0v) is 15.6. The highest BCUT2D eigenvalue weighted by atomic mass is 31.2. The molecular weight excluding hydrogens is 305 g/mol. The number of nitrogens with zero attached hydrogens (tertiary/aromatic N) is 1. The van der Waals surface area contributed by atoms with E-state index in [1.54, 1.807) is 0 Å². The van der Waals surface area contributed by atoms with Crippen LogP contribution in [0.15, 0.2) is 0 Å².